The van der Waals surface area contributed by atoms with Gasteiger partial charge in [-0.15, -0.1) is 5.10 Å². The largest absolute Gasteiger partial charge is 0.497 e. The number of halogens is 1. The van der Waals surface area contributed by atoms with E-state index in [4.69, 9.17) is 44.2 Å². The van der Waals surface area contributed by atoms with Gasteiger partial charge in [-0.3, -0.25) is 9.47 Å². The molecule has 9 heteroatoms. The smallest absolute Gasteiger partial charge is 0.204 e. The molecule has 31 heavy (non-hydrogen) atoms. The predicted octanol–water partition coefficient (Wildman–Crippen LogP) is 4.82. The van der Waals surface area contributed by atoms with Gasteiger partial charge in [-0.25, -0.2) is 4.68 Å². The number of rotatable bonds is 9. The van der Waals surface area contributed by atoms with Gasteiger partial charge in [0.25, 0.3) is 0 Å². The summed E-state index contributed by atoms with van der Waals surface area (Å²) in [7, 11) is 1.62. The van der Waals surface area contributed by atoms with Gasteiger partial charge in [0.15, 0.2) is 5.82 Å². The molecule has 0 aliphatic rings. The summed E-state index contributed by atoms with van der Waals surface area (Å²) in [6.07, 6.45) is 0.726. The Balaban J connectivity index is 2.06. The van der Waals surface area contributed by atoms with Gasteiger partial charge in [0.05, 0.1) is 31.6 Å². The van der Waals surface area contributed by atoms with Gasteiger partial charge in [-0.05, 0) is 60.7 Å². The number of hydrogen-bond acceptors (Lipinski definition) is 6. The Bertz CT molecular complexity index is 1140. The standard InChI is InChI=1S/C22H21ClN6OS/c1-30-20-10-8-19(9-11-20)29-21(17-4-6-18(23)7-5-17)26-28(22(29)31)16-27(14-2-12-24)15-3-13-25/h4-11H,2-3,14-16H2,1H3. The summed E-state index contributed by atoms with van der Waals surface area (Å²) in [5.41, 5.74) is 1.72. The van der Waals surface area contributed by atoms with Crippen LogP contribution in [-0.4, -0.2) is 39.4 Å². The Morgan fingerprint density at radius 3 is 2.19 bits per heavy atom. The zero-order valence-electron chi connectivity index (χ0n) is 17.0. The molecular weight excluding hydrogens is 432 g/mol. The van der Waals surface area contributed by atoms with Crippen LogP contribution in [-0.2, 0) is 6.67 Å². The molecule has 0 bridgehead atoms. The lowest BCUT2D eigenvalue weighted by molar-refractivity contribution is 0.214. The second-order valence-electron chi connectivity index (χ2n) is 6.72. The fraction of sp³-hybridized carbons (Fsp3) is 0.273. The molecule has 0 unspecified atom stereocenters. The first-order valence-corrected chi connectivity index (χ1v) is 10.4. The number of aromatic nitrogens is 3. The molecule has 1 heterocycles. The van der Waals surface area contributed by atoms with Crippen molar-refractivity contribution >= 4 is 23.8 Å². The normalized spacial score (nSPS) is 10.6. The van der Waals surface area contributed by atoms with Gasteiger partial charge in [-0.2, -0.15) is 10.5 Å². The summed E-state index contributed by atoms with van der Waals surface area (Å²) in [6, 6.07) is 19.3. The summed E-state index contributed by atoms with van der Waals surface area (Å²) < 4.78 is 9.39. The Hall–Kier alpha value is -3.17. The van der Waals surface area contributed by atoms with Gasteiger partial charge in [0.2, 0.25) is 4.77 Å². The van der Waals surface area contributed by atoms with Crippen LogP contribution in [0.3, 0.4) is 0 Å². The zero-order chi connectivity index (χ0) is 22.2. The van der Waals surface area contributed by atoms with Gasteiger partial charge in [0, 0.05) is 36.5 Å². The summed E-state index contributed by atoms with van der Waals surface area (Å²) in [6.45, 7) is 1.45. The van der Waals surface area contributed by atoms with Crippen molar-refractivity contribution in [3.63, 3.8) is 0 Å². The number of hydrogen-bond donors (Lipinski definition) is 0. The van der Waals surface area contributed by atoms with E-state index in [1.807, 2.05) is 58.0 Å². The molecule has 0 saturated heterocycles. The van der Waals surface area contributed by atoms with Gasteiger partial charge in [0.1, 0.15) is 5.75 Å². The van der Waals surface area contributed by atoms with Gasteiger partial charge >= 0.3 is 0 Å². The molecule has 0 aliphatic carbocycles. The third-order valence-electron chi connectivity index (χ3n) is 4.69. The maximum atomic E-state index is 8.96. The number of nitriles is 2. The molecular formula is C22H21ClN6OS. The molecule has 2 aromatic carbocycles. The summed E-state index contributed by atoms with van der Waals surface area (Å²) in [4.78, 5) is 2.00. The number of ether oxygens (including phenoxy) is 1. The van der Waals surface area contributed by atoms with Crippen molar-refractivity contribution in [2.75, 3.05) is 20.2 Å². The Labute approximate surface area is 191 Å². The third-order valence-corrected chi connectivity index (χ3v) is 5.33. The monoisotopic (exact) mass is 452 g/mol. The topological polar surface area (TPSA) is 82.8 Å². The van der Waals surface area contributed by atoms with Crippen LogP contribution in [0.4, 0.5) is 0 Å². The lowest BCUT2D eigenvalue weighted by Crippen LogP contribution is -2.29. The quantitative estimate of drug-likeness (QED) is 0.433. The molecule has 7 nitrogen and oxygen atoms in total. The first kappa shape index (κ1) is 22.5. The van der Waals surface area contributed by atoms with E-state index in [0.29, 0.717) is 48.2 Å². The first-order valence-electron chi connectivity index (χ1n) is 9.64. The fourth-order valence-electron chi connectivity index (χ4n) is 3.11. The Kier molecular flexibility index (Phi) is 7.80. The summed E-state index contributed by atoms with van der Waals surface area (Å²) >= 11 is 11.8. The van der Waals surface area contributed by atoms with E-state index >= 15 is 0 Å². The van der Waals surface area contributed by atoms with Crippen LogP contribution in [0, 0.1) is 27.4 Å². The Morgan fingerprint density at radius 2 is 1.65 bits per heavy atom. The molecule has 0 amide bonds. The van der Waals surface area contributed by atoms with E-state index in [1.165, 1.54) is 0 Å². The van der Waals surface area contributed by atoms with Crippen LogP contribution in [0.2, 0.25) is 5.02 Å². The predicted molar refractivity (Wildman–Crippen MR) is 121 cm³/mol. The fourth-order valence-corrected chi connectivity index (χ4v) is 3.53. The molecule has 0 saturated carbocycles. The van der Waals surface area contributed by atoms with Crippen molar-refractivity contribution in [1.82, 2.24) is 19.2 Å². The van der Waals surface area contributed by atoms with Crippen molar-refractivity contribution in [1.29, 1.82) is 10.5 Å². The molecule has 0 aliphatic heterocycles. The lowest BCUT2D eigenvalue weighted by Gasteiger charge is -2.19. The van der Waals surface area contributed by atoms with Crippen molar-refractivity contribution in [2.24, 2.45) is 0 Å². The molecule has 1 aromatic heterocycles. The second-order valence-corrected chi connectivity index (χ2v) is 7.52. The highest BCUT2D eigenvalue weighted by atomic mass is 35.5. The van der Waals surface area contributed by atoms with Crippen LogP contribution in [0.1, 0.15) is 12.8 Å². The highest BCUT2D eigenvalue weighted by Gasteiger charge is 2.17. The van der Waals surface area contributed by atoms with Crippen LogP contribution in [0.5, 0.6) is 5.75 Å². The minimum atomic E-state index is 0.363. The molecule has 158 valence electrons. The van der Waals surface area contributed by atoms with E-state index in [1.54, 1.807) is 11.8 Å². The van der Waals surface area contributed by atoms with Crippen LogP contribution < -0.4 is 4.74 Å². The van der Waals surface area contributed by atoms with E-state index in [-0.39, 0.29) is 0 Å². The maximum absolute atomic E-state index is 8.96. The average Bonchev–Trinajstić information content (AvgIpc) is 3.12. The van der Waals surface area contributed by atoms with E-state index in [2.05, 4.69) is 12.1 Å². The van der Waals surface area contributed by atoms with Crippen LogP contribution >= 0.6 is 23.8 Å². The zero-order valence-corrected chi connectivity index (χ0v) is 18.6. The van der Waals surface area contributed by atoms with Crippen molar-refractivity contribution in [2.45, 2.75) is 19.5 Å². The molecule has 0 atom stereocenters. The van der Waals surface area contributed by atoms with E-state index < -0.39 is 0 Å². The van der Waals surface area contributed by atoms with E-state index in [0.717, 1.165) is 17.0 Å². The minimum Gasteiger partial charge on any atom is -0.497 e. The van der Waals surface area contributed by atoms with Gasteiger partial charge in [-0.1, -0.05) is 11.6 Å². The van der Waals surface area contributed by atoms with Crippen LogP contribution in [0.25, 0.3) is 17.1 Å². The Morgan fingerprint density at radius 1 is 1.03 bits per heavy atom. The molecule has 3 aromatic rings. The SMILES string of the molecule is COc1ccc(-n2c(-c3ccc(Cl)cc3)nn(CN(CCC#N)CCC#N)c2=S)cc1. The van der Waals surface area contributed by atoms with Crippen molar-refractivity contribution < 1.29 is 4.74 Å². The van der Waals surface area contributed by atoms with E-state index in [9.17, 15) is 0 Å². The van der Waals surface area contributed by atoms with Crippen molar-refractivity contribution in [3.8, 4) is 35.0 Å². The number of methoxy groups -OCH3 is 1. The minimum absolute atomic E-state index is 0.363. The highest BCUT2D eigenvalue weighted by Crippen LogP contribution is 2.25. The summed E-state index contributed by atoms with van der Waals surface area (Å²) in [5.74, 6) is 1.42. The molecule has 0 N–H and O–H groups in total. The number of nitrogens with zero attached hydrogens (tertiary/aromatic N) is 6. The van der Waals surface area contributed by atoms with Crippen LogP contribution in [0.15, 0.2) is 48.5 Å². The highest BCUT2D eigenvalue weighted by molar-refractivity contribution is 7.71. The van der Waals surface area contributed by atoms with Crippen molar-refractivity contribution in [3.05, 3.63) is 58.3 Å². The molecule has 0 fully saturated rings. The molecule has 0 radical (unpaired) electrons. The summed E-state index contributed by atoms with van der Waals surface area (Å²) in [5, 5.41) is 23.3. The molecule has 0 spiro atoms. The maximum Gasteiger partial charge on any atom is 0.204 e. The average molecular weight is 453 g/mol. The van der Waals surface area contributed by atoms with Gasteiger partial charge < -0.3 is 4.74 Å². The third kappa shape index (κ3) is 5.50. The first-order chi connectivity index (χ1) is 15.1. The second kappa shape index (κ2) is 10.7. The lowest BCUT2D eigenvalue weighted by atomic mass is 10.2. The number of benzene rings is 2. The molecule has 3 rings (SSSR count).